The predicted octanol–water partition coefficient (Wildman–Crippen LogP) is 1.99. The van der Waals surface area contributed by atoms with Gasteiger partial charge in [0.1, 0.15) is 11.5 Å². The van der Waals surface area contributed by atoms with Gasteiger partial charge < -0.3 is 9.47 Å². The summed E-state index contributed by atoms with van der Waals surface area (Å²) in [5, 5.41) is 0. The lowest BCUT2D eigenvalue weighted by Gasteiger charge is -2.15. The first kappa shape index (κ1) is 17.3. The number of carbonyl (C=O) groups is 2. The Hall–Kier alpha value is -3.02. The summed E-state index contributed by atoms with van der Waals surface area (Å²) in [4.78, 5) is 23.5. The SMILES string of the molecule is Cc1ccc(OC(C)C(=O)NNC(=O)COc2ccccc2)cc1. The maximum atomic E-state index is 11.9. The van der Waals surface area contributed by atoms with Crippen molar-refractivity contribution in [2.45, 2.75) is 20.0 Å². The fourth-order valence-electron chi connectivity index (χ4n) is 1.81. The fourth-order valence-corrected chi connectivity index (χ4v) is 1.81. The number of benzene rings is 2. The van der Waals surface area contributed by atoms with Crippen molar-refractivity contribution in [1.29, 1.82) is 0 Å². The first-order chi connectivity index (χ1) is 11.5. The molecule has 0 aliphatic heterocycles. The molecule has 0 aliphatic rings. The zero-order valence-electron chi connectivity index (χ0n) is 13.6. The second kappa shape index (κ2) is 8.57. The van der Waals surface area contributed by atoms with Crippen LogP contribution in [0.1, 0.15) is 12.5 Å². The molecule has 0 bridgehead atoms. The second-order valence-corrected chi connectivity index (χ2v) is 5.21. The molecular weight excluding hydrogens is 308 g/mol. The number of ether oxygens (including phenoxy) is 2. The van der Waals surface area contributed by atoms with E-state index in [0.717, 1.165) is 5.56 Å². The minimum atomic E-state index is -0.747. The van der Waals surface area contributed by atoms with Gasteiger partial charge >= 0.3 is 0 Å². The monoisotopic (exact) mass is 328 g/mol. The summed E-state index contributed by atoms with van der Waals surface area (Å²) in [7, 11) is 0. The molecule has 2 amide bonds. The Labute approximate surface area is 140 Å². The Balaban J connectivity index is 1.71. The van der Waals surface area contributed by atoms with Crippen molar-refractivity contribution in [3.63, 3.8) is 0 Å². The van der Waals surface area contributed by atoms with Gasteiger partial charge in [-0.15, -0.1) is 0 Å². The van der Waals surface area contributed by atoms with E-state index in [2.05, 4.69) is 10.9 Å². The molecular formula is C18H20N2O4. The zero-order valence-corrected chi connectivity index (χ0v) is 13.6. The molecule has 2 aromatic rings. The lowest BCUT2D eigenvalue weighted by molar-refractivity contribution is -0.133. The van der Waals surface area contributed by atoms with Crippen LogP contribution in [0.3, 0.4) is 0 Å². The van der Waals surface area contributed by atoms with Gasteiger partial charge in [0.05, 0.1) is 0 Å². The molecule has 0 aliphatic carbocycles. The van der Waals surface area contributed by atoms with E-state index in [9.17, 15) is 9.59 Å². The highest BCUT2D eigenvalue weighted by Gasteiger charge is 2.15. The summed E-state index contributed by atoms with van der Waals surface area (Å²) in [6.45, 7) is 3.37. The third-order valence-electron chi connectivity index (χ3n) is 3.14. The molecule has 0 spiro atoms. The molecule has 0 saturated heterocycles. The van der Waals surface area contributed by atoms with E-state index in [4.69, 9.17) is 9.47 Å². The van der Waals surface area contributed by atoms with Crippen LogP contribution in [0.15, 0.2) is 54.6 Å². The first-order valence-electron chi connectivity index (χ1n) is 7.54. The van der Waals surface area contributed by atoms with Gasteiger partial charge in [0.15, 0.2) is 12.7 Å². The molecule has 0 aromatic heterocycles. The Kier molecular flexibility index (Phi) is 6.19. The van der Waals surface area contributed by atoms with E-state index >= 15 is 0 Å². The van der Waals surface area contributed by atoms with Crippen LogP contribution in [0, 0.1) is 6.92 Å². The van der Waals surface area contributed by atoms with Crippen molar-refractivity contribution < 1.29 is 19.1 Å². The Morgan fingerprint density at radius 2 is 1.62 bits per heavy atom. The lowest BCUT2D eigenvalue weighted by Crippen LogP contribution is -2.48. The Morgan fingerprint density at radius 3 is 2.29 bits per heavy atom. The molecule has 0 saturated carbocycles. The van der Waals surface area contributed by atoms with Gasteiger partial charge in [-0.3, -0.25) is 20.4 Å². The van der Waals surface area contributed by atoms with Crippen LogP contribution < -0.4 is 20.3 Å². The average Bonchev–Trinajstić information content (AvgIpc) is 2.60. The largest absolute Gasteiger partial charge is 0.484 e. The van der Waals surface area contributed by atoms with Gasteiger partial charge in [-0.1, -0.05) is 35.9 Å². The Bertz CT molecular complexity index is 671. The summed E-state index contributed by atoms with van der Waals surface area (Å²) >= 11 is 0. The fraction of sp³-hybridized carbons (Fsp3) is 0.222. The van der Waals surface area contributed by atoms with Crippen LogP contribution in [0.2, 0.25) is 0 Å². The van der Waals surface area contributed by atoms with Crippen molar-refractivity contribution in [3.8, 4) is 11.5 Å². The predicted molar refractivity (Wildman–Crippen MR) is 89.5 cm³/mol. The van der Waals surface area contributed by atoms with Crippen LogP contribution in [0.5, 0.6) is 11.5 Å². The van der Waals surface area contributed by atoms with Crippen molar-refractivity contribution in [2.24, 2.45) is 0 Å². The number of carbonyl (C=O) groups excluding carboxylic acids is 2. The highest BCUT2D eigenvalue weighted by atomic mass is 16.5. The molecule has 6 nitrogen and oxygen atoms in total. The van der Waals surface area contributed by atoms with Gasteiger partial charge in [0.25, 0.3) is 11.8 Å². The number of nitrogens with one attached hydrogen (secondary N) is 2. The van der Waals surface area contributed by atoms with Gasteiger partial charge in [-0.2, -0.15) is 0 Å². The molecule has 0 radical (unpaired) electrons. The minimum Gasteiger partial charge on any atom is -0.484 e. The smallest absolute Gasteiger partial charge is 0.279 e. The van der Waals surface area contributed by atoms with Gasteiger partial charge in [-0.25, -0.2) is 0 Å². The normalized spacial score (nSPS) is 11.2. The van der Waals surface area contributed by atoms with Crippen molar-refractivity contribution >= 4 is 11.8 Å². The molecule has 1 unspecified atom stereocenters. The number of amides is 2. The summed E-state index contributed by atoms with van der Waals surface area (Å²) < 4.78 is 10.8. The molecule has 2 rings (SSSR count). The first-order valence-corrected chi connectivity index (χ1v) is 7.54. The van der Waals surface area contributed by atoms with Crippen molar-refractivity contribution in [1.82, 2.24) is 10.9 Å². The maximum absolute atomic E-state index is 11.9. The Morgan fingerprint density at radius 1 is 0.958 bits per heavy atom. The van der Waals surface area contributed by atoms with Crippen LogP contribution in [-0.4, -0.2) is 24.5 Å². The third-order valence-corrected chi connectivity index (χ3v) is 3.14. The standard InChI is InChI=1S/C18H20N2O4/c1-13-8-10-16(11-9-13)24-14(2)18(22)20-19-17(21)12-23-15-6-4-3-5-7-15/h3-11,14H,12H2,1-2H3,(H,19,21)(H,20,22). The topological polar surface area (TPSA) is 76.7 Å². The number of aryl methyl sites for hydroxylation is 1. The minimum absolute atomic E-state index is 0.197. The molecule has 0 fully saturated rings. The summed E-state index contributed by atoms with van der Waals surface area (Å²) in [6, 6.07) is 16.3. The van der Waals surface area contributed by atoms with Gasteiger partial charge in [-0.05, 0) is 38.1 Å². The van der Waals surface area contributed by atoms with Crippen LogP contribution in [0.25, 0.3) is 0 Å². The highest BCUT2D eigenvalue weighted by molar-refractivity contribution is 5.85. The second-order valence-electron chi connectivity index (χ2n) is 5.21. The summed E-state index contributed by atoms with van der Waals surface area (Å²) in [5.74, 6) is 0.246. The summed E-state index contributed by atoms with van der Waals surface area (Å²) in [6.07, 6.45) is -0.747. The molecule has 126 valence electrons. The van der Waals surface area contributed by atoms with E-state index in [0.29, 0.717) is 11.5 Å². The van der Waals surface area contributed by atoms with Gasteiger partial charge in [0.2, 0.25) is 0 Å². The summed E-state index contributed by atoms with van der Waals surface area (Å²) in [5.41, 5.74) is 5.69. The van der Waals surface area contributed by atoms with E-state index in [1.165, 1.54) is 0 Å². The molecule has 6 heteroatoms. The van der Waals surface area contributed by atoms with Crippen LogP contribution >= 0.6 is 0 Å². The quantitative estimate of drug-likeness (QED) is 0.795. The van der Waals surface area contributed by atoms with Crippen LogP contribution in [0.4, 0.5) is 0 Å². The molecule has 1 atom stereocenters. The molecule has 2 N–H and O–H groups in total. The number of hydrogen-bond acceptors (Lipinski definition) is 4. The van der Waals surface area contributed by atoms with Crippen molar-refractivity contribution in [2.75, 3.05) is 6.61 Å². The average molecular weight is 328 g/mol. The number of para-hydroxylation sites is 1. The number of hydrazine groups is 1. The van der Waals surface area contributed by atoms with Gasteiger partial charge in [0, 0.05) is 0 Å². The van der Waals surface area contributed by atoms with Crippen molar-refractivity contribution in [3.05, 3.63) is 60.2 Å². The molecule has 0 heterocycles. The zero-order chi connectivity index (χ0) is 17.4. The number of hydrogen-bond donors (Lipinski definition) is 2. The van der Waals surface area contributed by atoms with E-state index in [1.54, 1.807) is 43.3 Å². The van der Waals surface area contributed by atoms with Crippen LogP contribution in [-0.2, 0) is 9.59 Å². The van der Waals surface area contributed by atoms with E-state index < -0.39 is 17.9 Å². The molecule has 24 heavy (non-hydrogen) atoms. The number of rotatable bonds is 6. The highest BCUT2D eigenvalue weighted by Crippen LogP contribution is 2.13. The lowest BCUT2D eigenvalue weighted by atomic mass is 10.2. The molecule has 2 aromatic carbocycles. The third kappa shape index (κ3) is 5.64. The van der Waals surface area contributed by atoms with E-state index in [-0.39, 0.29) is 6.61 Å². The maximum Gasteiger partial charge on any atom is 0.279 e. The van der Waals surface area contributed by atoms with E-state index in [1.807, 2.05) is 25.1 Å².